The van der Waals surface area contributed by atoms with E-state index in [1.165, 1.54) is 30.4 Å². The Labute approximate surface area is 126 Å². The van der Waals surface area contributed by atoms with Crippen molar-refractivity contribution in [2.45, 2.75) is 39.2 Å². The van der Waals surface area contributed by atoms with Crippen molar-refractivity contribution in [3.63, 3.8) is 0 Å². The molecular formula is C18H22N2O. The lowest BCUT2D eigenvalue weighted by atomic mass is 10.1. The van der Waals surface area contributed by atoms with Crippen LogP contribution in [0.25, 0.3) is 0 Å². The number of nitrogens with one attached hydrogen (secondary N) is 1. The molecule has 0 aliphatic heterocycles. The first-order valence-corrected chi connectivity index (χ1v) is 7.57. The molecule has 21 heavy (non-hydrogen) atoms. The SMILES string of the molecule is CC(C)Oc1cccc(Nc2ccc3c(c2)CCC3)c1N. The van der Waals surface area contributed by atoms with Crippen LogP contribution in [0.5, 0.6) is 5.75 Å². The molecule has 3 rings (SSSR count). The molecular weight excluding hydrogens is 260 g/mol. The number of anilines is 3. The van der Waals surface area contributed by atoms with Gasteiger partial charge in [0.15, 0.2) is 0 Å². The quantitative estimate of drug-likeness (QED) is 0.822. The Bertz CT molecular complexity index is 650. The Morgan fingerprint density at radius 2 is 1.90 bits per heavy atom. The topological polar surface area (TPSA) is 47.3 Å². The van der Waals surface area contributed by atoms with Gasteiger partial charge in [-0.2, -0.15) is 0 Å². The van der Waals surface area contributed by atoms with E-state index >= 15 is 0 Å². The van der Waals surface area contributed by atoms with Gasteiger partial charge in [-0.3, -0.25) is 0 Å². The van der Waals surface area contributed by atoms with E-state index in [4.69, 9.17) is 10.5 Å². The highest BCUT2D eigenvalue weighted by Gasteiger charge is 2.12. The molecule has 0 saturated heterocycles. The number of ether oxygens (including phenoxy) is 1. The zero-order valence-corrected chi connectivity index (χ0v) is 12.6. The molecule has 3 heteroatoms. The summed E-state index contributed by atoms with van der Waals surface area (Å²) in [5.74, 6) is 0.733. The Balaban J connectivity index is 1.84. The number of nitrogen functional groups attached to an aromatic ring is 1. The molecule has 0 unspecified atom stereocenters. The average Bonchev–Trinajstić information content (AvgIpc) is 2.90. The molecule has 0 radical (unpaired) electrons. The fraction of sp³-hybridized carbons (Fsp3) is 0.333. The lowest BCUT2D eigenvalue weighted by Gasteiger charge is -2.16. The van der Waals surface area contributed by atoms with Crippen molar-refractivity contribution in [2.75, 3.05) is 11.1 Å². The molecule has 1 aliphatic rings. The van der Waals surface area contributed by atoms with E-state index in [1.54, 1.807) is 0 Å². The number of para-hydroxylation sites is 1. The second-order valence-corrected chi connectivity index (χ2v) is 5.85. The first kappa shape index (κ1) is 13.8. The first-order chi connectivity index (χ1) is 10.1. The minimum absolute atomic E-state index is 0.113. The van der Waals surface area contributed by atoms with Gasteiger partial charge >= 0.3 is 0 Å². The van der Waals surface area contributed by atoms with Gasteiger partial charge in [-0.15, -0.1) is 0 Å². The average molecular weight is 282 g/mol. The lowest BCUT2D eigenvalue weighted by Crippen LogP contribution is -2.08. The number of fused-ring (bicyclic) bond motifs is 1. The summed E-state index contributed by atoms with van der Waals surface area (Å²) in [5, 5.41) is 3.41. The Hall–Kier alpha value is -2.16. The molecule has 0 aromatic heterocycles. The Morgan fingerprint density at radius 1 is 1.10 bits per heavy atom. The molecule has 0 bridgehead atoms. The minimum Gasteiger partial charge on any atom is -0.489 e. The van der Waals surface area contributed by atoms with Gasteiger partial charge < -0.3 is 15.8 Å². The van der Waals surface area contributed by atoms with Crippen molar-refractivity contribution in [2.24, 2.45) is 0 Å². The van der Waals surface area contributed by atoms with Crippen LogP contribution in [0.3, 0.4) is 0 Å². The van der Waals surface area contributed by atoms with Crippen molar-refractivity contribution in [1.82, 2.24) is 0 Å². The zero-order valence-electron chi connectivity index (χ0n) is 12.6. The number of hydrogen-bond donors (Lipinski definition) is 2. The summed E-state index contributed by atoms with van der Waals surface area (Å²) in [6.07, 6.45) is 3.76. The van der Waals surface area contributed by atoms with Crippen LogP contribution in [-0.4, -0.2) is 6.10 Å². The van der Waals surface area contributed by atoms with E-state index in [9.17, 15) is 0 Å². The number of nitrogens with two attached hydrogens (primary N) is 1. The third kappa shape index (κ3) is 2.97. The number of rotatable bonds is 4. The van der Waals surface area contributed by atoms with E-state index < -0.39 is 0 Å². The van der Waals surface area contributed by atoms with Crippen molar-refractivity contribution < 1.29 is 4.74 Å². The highest BCUT2D eigenvalue weighted by atomic mass is 16.5. The van der Waals surface area contributed by atoms with Crippen LogP contribution in [0.1, 0.15) is 31.4 Å². The molecule has 2 aromatic carbocycles. The van der Waals surface area contributed by atoms with Gasteiger partial charge in [-0.25, -0.2) is 0 Å². The summed E-state index contributed by atoms with van der Waals surface area (Å²) in [7, 11) is 0. The van der Waals surface area contributed by atoms with Crippen LogP contribution in [0.4, 0.5) is 17.1 Å². The van der Waals surface area contributed by atoms with Gasteiger partial charge in [0, 0.05) is 5.69 Å². The smallest absolute Gasteiger partial charge is 0.144 e. The van der Waals surface area contributed by atoms with E-state index in [0.717, 1.165) is 17.1 Å². The normalized spacial score (nSPS) is 13.3. The minimum atomic E-state index is 0.113. The number of benzene rings is 2. The van der Waals surface area contributed by atoms with Gasteiger partial charge in [0.25, 0.3) is 0 Å². The Morgan fingerprint density at radius 3 is 2.71 bits per heavy atom. The summed E-state index contributed by atoms with van der Waals surface area (Å²) >= 11 is 0. The predicted octanol–water partition coefficient (Wildman–Crippen LogP) is 4.29. The predicted molar refractivity (Wildman–Crippen MR) is 88.4 cm³/mol. The van der Waals surface area contributed by atoms with Crippen LogP contribution in [0.15, 0.2) is 36.4 Å². The van der Waals surface area contributed by atoms with Crippen LogP contribution in [0, 0.1) is 0 Å². The van der Waals surface area contributed by atoms with Crippen molar-refractivity contribution >= 4 is 17.1 Å². The van der Waals surface area contributed by atoms with E-state index in [1.807, 2.05) is 32.0 Å². The highest BCUT2D eigenvalue weighted by molar-refractivity contribution is 5.77. The molecule has 0 amide bonds. The van der Waals surface area contributed by atoms with Gasteiger partial charge in [0.2, 0.25) is 0 Å². The van der Waals surface area contributed by atoms with Crippen LogP contribution >= 0.6 is 0 Å². The molecule has 2 aromatic rings. The summed E-state index contributed by atoms with van der Waals surface area (Å²) in [5.41, 5.74) is 11.8. The molecule has 0 saturated carbocycles. The third-order valence-corrected chi connectivity index (χ3v) is 3.81. The molecule has 0 fully saturated rings. The summed E-state index contributed by atoms with van der Waals surface area (Å²) in [6, 6.07) is 12.4. The van der Waals surface area contributed by atoms with Gasteiger partial charge in [-0.1, -0.05) is 12.1 Å². The van der Waals surface area contributed by atoms with E-state index in [2.05, 4.69) is 23.5 Å². The summed E-state index contributed by atoms with van der Waals surface area (Å²) in [4.78, 5) is 0. The number of hydrogen-bond acceptors (Lipinski definition) is 3. The van der Waals surface area contributed by atoms with Crippen LogP contribution in [-0.2, 0) is 12.8 Å². The van der Waals surface area contributed by atoms with Gasteiger partial charge in [0.05, 0.1) is 17.5 Å². The molecule has 3 nitrogen and oxygen atoms in total. The Kier molecular flexibility index (Phi) is 3.74. The summed E-state index contributed by atoms with van der Waals surface area (Å²) < 4.78 is 5.73. The molecule has 110 valence electrons. The zero-order chi connectivity index (χ0) is 14.8. The third-order valence-electron chi connectivity index (χ3n) is 3.81. The van der Waals surface area contributed by atoms with Crippen LogP contribution < -0.4 is 15.8 Å². The van der Waals surface area contributed by atoms with Gasteiger partial charge in [0.1, 0.15) is 5.75 Å². The maximum Gasteiger partial charge on any atom is 0.144 e. The molecule has 0 atom stereocenters. The largest absolute Gasteiger partial charge is 0.489 e. The van der Waals surface area contributed by atoms with Crippen molar-refractivity contribution in [3.05, 3.63) is 47.5 Å². The first-order valence-electron chi connectivity index (χ1n) is 7.57. The van der Waals surface area contributed by atoms with Crippen molar-refractivity contribution in [1.29, 1.82) is 0 Å². The highest BCUT2D eigenvalue weighted by Crippen LogP contribution is 2.33. The lowest BCUT2D eigenvalue weighted by molar-refractivity contribution is 0.244. The fourth-order valence-corrected chi connectivity index (χ4v) is 2.81. The van der Waals surface area contributed by atoms with E-state index in [-0.39, 0.29) is 6.10 Å². The van der Waals surface area contributed by atoms with E-state index in [0.29, 0.717) is 5.69 Å². The number of aryl methyl sites for hydroxylation is 2. The molecule has 1 aliphatic carbocycles. The standard InChI is InChI=1S/C18H22N2O/c1-12(2)21-17-8-4-7-16(18(17)19)20-15-10-9-13-5-3-6-14(13)11-15/h4,7-12,20H,3,5-6,19H2,1-2H3. The van der Waals surface area contributed by atoms with Gasteiger partial charge in [-0.05, 0) is 68.5 Å². The second kappa shape index (κ2) is 5.68. The fourth-order valence-electron chi connectivity index (χ4n) is 2.81. The van der Waals surface area contributed by atoms with Crippen LogP contribution in [0.2, 0.25) is 0 Å². The maximum absolute atomic E-state index is 6.20. The monoisotopic (exact) mass is 282 g/mol. The maximum atomic E-state index is 6.20. The van der Waals surface area contributed by atoms with Crippen molar-refractivity contribution in [3.8, 4) is 5.75 Å². The molecule has 0 heterocycles. The molecule has 0 spiro atoms. The molecule has 3 N–H and O–H groups in total. The summed E-state index contributed by atoms with van der Waals surface area (Å²) in [6.45, 7) is 4.00. The second-order valence-electron chi connectivity index (χ2n) is 5.85.